The van der Waals surface area contributed by atoms with Gasteiger partial charge in [-0.05, 0) is 32.2 Å². The van der Waals surface area contributed by atoms with Crippen molar-refractivity contribution in [2.24, 2.45) is 0 Å². The Morgan fingerprint density at radius 1 is 1.14 bits per heavy atom. The number of β-amino-alcohol motifs (C(OH)–C–C–N with tert-alkyl or cyclic N) is 1. The van der Waals surface area contributed by atoms with Gasteiger partial charge in [0, 0.05) is 31.6 Å². The Balaban J connectivity index is 1.57. The molecule has 3 aliphatic rings. The van der Waals surface area contributed by atoms with Gasteiger partial charge in [-0.25, -0.2) is 9.59 Å². The summed E-state index contributed by atoms with van der Waals surface area (Å²) in [7, 11) is 0. The molecule has 0 aromatic heterocycles. The van der Waals surface area contributed by atoms with E-state index < -0.39 is 18.1 Å². The smallest absolute Gasteiger partial charge is 0.326 e. The van der Waals surface area contributed by atoms with E-state index in [4.69, 9.17) is 5.11 Å². The van der Waals surface area contributed by atoms with Gasteiger partial charge in [-0.3, -0.25) is 0 Å². The third kappa shape index (κ3) is 2.98. The second kappa shape index (κ2) is 5.81. The standard InChI is InChI=1S/C14H23N3O4/c18-11-7-12(13(19)20)17(8-11)14(21)15-9-3-5-16-4-1-2-10(16)6-9/h9-12,18H,1-8H2,(H,15,21)(H,19,20)/t9?,10?,11-,12-/m1/s1. The van der Waals surface area contributed by atoms with Crippen molar-refractivity contribution >= 4 is 12.0 Å². The fourth-order valence-corrected chi connectivity index (χ4v) is 3.89. The molecule has 118 valence electrons. The largest absolute Gasteiger partial charge is 0.480 e. The average Bonchev–Trinajstić information content (AvgIpc) is 3.04. The van der Waals surface area contributed by atoms with Crippen LogP contribution in [0, 0.1) is 0 Å². The first kappa shape index (κ1) is 14.6. The molecule has 0 aliphatic carbocycles. The number of carboxylic acids is 1. The molecule has 3 aliphatic heterocycles. The van der Waals surface area contributed by atoms with Gasteiger partial charge in [0.25, 0.3) is 0 Å². The van der Waals surface area contributed by atoms with Crippen molar-refractivity contribution in [3.63, 3.8) is 0 Å². The van der Waals surface area contributed by atoms with Crippen LogP contribution in [0.15, 0.2) is 0 Å². The highest BCUT2D eigenvalue weighted by atomic mass is 16.4. The van der Waals surface area contributed by atoms with Crippen LogP contribution in [0.1, 0.15) is 32.1 Å². The molecule has 0 aromatic rings. The Morgan fingerprint density at radius 2 is 1.95 bits per heavy atom. The van der Waals surface area contributed by atoms with Crippen LogP contribution in [0.25, 0.3) is 0 Å². The normalized spacial score (nSPS) is 36.5. The molecule has 2 unspecified atom stereocenters. The monoisotopic (exact) mass is 297 g/mol. The summed E-state index contributed by atoms with van der Waals surface area (Å²) in [6.07, 6.45) is 3.64. The molecule has 3 saturated heterocycles. The topological polar surface area (TPSA) is 93.1 Å². The van der Waals surface area contributed by atoms with Crippen molar-refractivity contribution in [2.75, 3.05) is 19.6 Å². The minimum Gasteiger partial charge on any atom is -0.480 e. The van der Waals surface area contributed by atoms with Crippen molar-refractivity contribution < 1.29 is 19.8 Å². The summed E-state index contributed by atoms with van der Waals surface area (Å²) in [6.45, 7) is 2.26. The number of aliphatic hydroxyl groups is 1. The van der Waals surface area contributed by atoms with E-state index in [0.29, 0.717) is 6.04 Å². The van der Waals surface area contributed by atoms with Crippen molar-refractivity contribution in [2.45, 2.75) is 56.3 Å². The Kier molecular flexibility index (Phi) is 4.03. The number of nitrogens with zero attached hydrogens (tertiary/aromatic N) is 2. The number of carboxylic acid groups (broad SMARTS) is 1. The number of hydrogen-bond donors (Lipinski definition) is 3. The zero-order valence-corrected chi connectivity index (χ0v) is 12.1. The van der Waals surface area contributed by atoms with E-state index in [1.54, 1.807) is 0 Å². The number of piperidine rings is 1. The maximum atomic E-state index is 12.3. The highest BCUT2D eigenvalue weighted by Gasteiger charge is 2.40. The van der Waals surface area contributed by atoms with Crippen LogP contribution >= 0.6 is 0 Å². The van der Waals surface area contributed by atoms with Gasteiger partial charge in [-0.2, -0.15) is 0 Å². The van der Waals surface area contributed by atoms with Crippen molar-refractivity contribution in [1.82, 2.24) is 15.1 Å². The minimum absolute atomic E-state index is 0.102. The number of urea groups is 1. The Labute approximate surface area is 123 Å². The number of carbonyl (C=O) groups excluding carboxylic acids is 1. The van der Waals surface area contributed by atoms with E-state index in [1.807, 2.05) is 0 Å². The number of amides is 2. The maximum Gasteiger partial charge on any atom is 0.326 e. The first-order valence-corrected chi connectivity index (χ1v) is 7.76. The molecule has 3 fully saturated rings. The first-order valence-electron chi connectivity index (χ1n) is 7.76. The van der Waals surface area contributed by atoms with Crippen LogP contribution in [0.4, 0.5) is 4.79 Å². The van der Waals surface area contributed by atoms with Crippen LogP contribution < -0.4 is 5.32 Å². The quantitative estimate of drug-likeness (QED) is 0.659. The molecule has 3 heterocycles. The van der Waals surface area contributed by atoms with E-state index in [0.717, 1.165) is 25.9 Å². The molecular formula is C14H23N3O4. The van der Waals surface area contributed by atoms with Gasteiger partial charge < -0.3 is 25.3 Å². The number of likely N-dealkylation sites (tertiary alicyclic amines) is 1. The van der Waals surface area contributed by atoms with E-state index in [2.05, 4.69) is 10.2 Å². The fraction of sp³-hybridized carbons (Fsp3) is 0.857. The molecule has 3 N–H and O–H groups in total. The average molecular weight is 297 g/mol. The van der Waals surface area contributed by atoms with E-state index in [1.165, 1.54) is 17.7 Å². The Morgan fingerprint density at radius 3 is 2.71 bits per heavy atom. The number of carbonyl (C=O) groups is 2. The third-order valence-corrected chi connectivity index (χ3v) is 4.97. The lowest BCUT2D eigenvalue weighted by molar-refractivity contribution is -0.141. The van der Waals surface area contributed by atoms with Gasteiger partial charge in [-0.1, -0.05) is 0 Å². The molecule has 0 spiro atoms. The molecular weight excluding hydrogens is 274 g/mol. The number of rotatable bonds is 2. The summed E-state index contributed by atoms with van der Waals surface area (Å²) in [5.74, 6) is -1.05. The van der Waals surface area contributed by atoms with Crippen molar-refractivity contribution in [3.05, 3.63) is 0 Å². The van der Waals surface area contributed by atoms with Gasteiger partial charge in [0.15, 0.2) is 0 Å². The number of hydrogen-bond acceptors (Lipinski definition) is 4. The lowest BCUT2D eigenvalue weighted by atomic mass is 9.98. The molecule has 7 nitrogen and oxygen atoms in total. The number of nitrogens with one attached hydrogen (secondary N) is 1. The number of fused-ring (bicyclic) bond motifs is 1. The van der Waals surface area contributed by atoms with Crippen LogP contribution in [-0.2, 0) is 4.79 Å². The first-order chi connectivity index (χ1) is 10.0. The van der Waals surface area contributed by atoms with E-state index in [-0.39, 0.29) is 25.0 Å². The molecule has 3 rings (SSSR count). The SMILES string of the molecule is O=C(O)[C@H]1C[C@@H](O)CN1C(=O)NC1CCN2CCCC2C1. The number of aliphatic hydroxyl groups excluding tert-OH is 1. The second-order valence-corrected chi connectivity index (χ2v) is 6.40. The molecule has 7 heteroatoms. The zero-order valence-electron chi connectivity index (χ0n) is 12.1. The lowest BCUT2D eigenvalue weighted by Gasteiger charge is -2.36. The molecule has 4 atom stereocenters. The van der Waals surface area contributed by atoms with E-state index >= 15 is 0 Å². The predicted molar refractivity (Wildman–Crippen MR) is 74.9 cm³/mol. The molecule has 2 amide bonds. The summed E-state index contributed by atoms with van der Waals surface area (Å²) < 4.78 is 0. The predicted octanol–water partition coefficient (Wildman–Crippen LogP) is -0.157. The molecule has 21 heavy (non-hydrogen) atoms. The molecule has 0 aromatic carbocycles. The van der Waals surface area contributed by atoms with Crippen LogP contribution in [0.3, 0.4) is 0 Å². The Bertz CT molecular complexity index is 430. The third-order valence-electron chi connectivity index (χ3n) is 4.97. The molecule has 0 bridgehead atoms. The summed E-state index contributed by atoms with van der Waals surface area (Å²) in [5.41, 5.74) is 0. The van der Waals surface area contributed by atoms with Crippen LogP contribution in [0.2, 0.25) is 0 Å². The highest BCUT2D eigenvalue weighted by molar-refractivity contribution is 5.83. The van der Waals surface area contributed by atoms with Gasteiger partial charge >= 0.3 is 12.0 Å². The van der Waals surface area contributed by atoms with Crippen molar-refractivity contribution in [3.8, 4) is 0 Å². The lowest BCUT2D eigenvalue weighted by Crippen LogP contribution is -2.53. The Hall–Kier alpha value is -1.34. The van der Waals surface area contributed by atoms with E-state index in [9.17, 15) is 14.7 Å². The maximum absolute atomic E-state index is 12.3. The molecule has 0 saturated carbocycles. The van der Waals surface area contributed by atoms with Gasteiger partial charge in [0.2, 0.25) is 0 Å². The summed E-state index contributed by atoms with van der Waals surface area (Å²) in [4.78, 5) is 27.2. The summed E-state index contributed by atoms with van der Waals surface area (Å²) >= 11 is 0. The van der Waals surface area contributed by atoms with Gasteiger partial charge in [-0.15, -0.1) is 0 Å². The van der Waals surface area contributed by atoms with Crippen molar-refractivity contribution in [1.29, 1.82) is 0 Å². The summed E-state index contributed by atoms with van der Waals surface area (Å²) in [5, 5.41) is 21.7. The minimum atomic E-state index is -1.05. The fourth-order valence-electron chi connectivity index (χ4n) is 3.89. The highest BCUT2D eigenvalue weighted by Crippen LogP contribution is 2.27. The van der Waals surface area contributed by atoms with Gasteiger partial charge in [0.1, 0.15) is 6.04 Å². The van der Waals surface area contributed by atoms with Crippen LogP contribution in [0.5, 0.6) is 0 Å². The molecule has 0 radical (unpaired) electrons. The van der Waals surface area contributed by atoms with Crippen LogP contribution in [-0.4, -0.2) is 75.9 Å². The zero-order chi connectivity index (χ0) is 15.0. The second-order valence-electron chi connectivity index (χ2n) is 6.40. The summed E-state index contributed by atoms with van der Waals surface area (Å²) in [6, 6.07) is -0.588. The number of aliphatic carboxylic acids is 1. The van der Waals surface area contributed by atoms with Gasteiger partial charge in [0.05, 0.1) is 6.10 Å².